The van der Waals surface area contributed by atoms with Gasteiger partial charge in [-0.05, 0) is 43.7 Å². The van der Waals surface area contributed by atoms with E-state index in [9.17, 15) is 0 Å². The lowest BCUT2D eigenvalue weighted by Gasteiger charge is -2.16. The van der Waals surface area contributed by atoms with Crippen LogP contribution in [0.1, 0.15) is 26.2 Å². The van der Waals surface area contributed by atoms with Crippen LogP contribution in [0.5, 0.6) is 0 Å². The second-order valence-corrected chi connectivity index (χ2v) is 5.97. The SMILES string of the molecule is CCNC(=NCCCn1ccc2ccccc21)NC1CC=CC1.I. The molecule has 0 atom stereocenters. The third-order valence-corrected chi connectivity index (χ3v) is 4.20. The summed E-state index contributed by atoms with van der Waals surface area (Å²) in [5.41, 5.74) is 1.30. The van der Waals surface area contributed by atoms with Gasteiger partial charge in [-0.25, -0.2) is 0 Å². The van der Waals surface area contributed by atoms with Crippen molar-refractivity contribution in [2.75, 3.05) is 13.1 Å². The molecule has 0 amide bonds. The molecule has 1 aromatic heterocycles. The number of benzene rings is 1. The lowest BCUT2D eigenvalue weighted by Crippen LogP contribution is -2.42. The summed E-state index contributed by atoms with van der Waals surface area (Å²) >= 11 is 0. The van der Waals surface area contributed by atoms with E-state index < -0.39 is 0 Å². The number of aryl methyl sites for hydroxylation is 1. The highest BCUT2D eigenvalue weighted by Crippen LogP contribution is 2.15. The molecule has 3 rings (SSSR count). The molecule has 0 aliphatic heterocycles. The van der Waals surface area contributed by atoms with Gasteiger partial charge in [-0.3, -0.25) is 4.99 Å². The zero-order valence-electron chi connectivity index (χ0n) is 14.2. The Kier molecular flexibility index (Phi) is 7.62. The summed E-state index contributed by atoms with van der Waals surface area (Å²) in [5.74, 6) is 0.943. The Hall–Kier alpha value is -1.50. The number of aromatic nitrogens is 1. The lowest BCUT2D eigenvalue weighted by molar-refractivity contribution is 0.626. The molecule has 130 valence electrons. The molecular formula is C19H27IN4. The van der Waals surface area contributed by atoms with Crippen LogP contribution in [0.2, 0.25) is 0 Å². The van der Waals surface area contributed by atoms with E-state index in [4.69, 9.17) is 4.99 Å². The van der Waals surface area contributed by atoms with Gasteiger partial charge in [0.15, 0.2) is 5.96 Å². The Balaban J connectivity index is 0.00000208. The van der Waals surface area contributed by atoms with E-state index in [1.165, 1.54) is 10.9 Å². The molecule has 24 heavy (non-hydrogen) atoms. The fourth-order valence-electron chi connectivity index (χ4n) is 3.02. The molecule has 1 aliphatic rings. The van der Waals surface area contributed by atoms with Crippen LogP contribution in [0.25, 0.3) is 10.9 Å². The molecule has 4 nitrogen and oxygen atoms in total. The maximum Gasteiger partial charge on any atom is 0.191 e. The van der Waals surface area contributed by atoms with Gasteiger partial charge in [0.2, 0.25) is 0 Å². The number of fused-ring (bicyclic) bond motifs is 1. The Morgan fingerprint density at radius 1 is 1.21 bits per heavy atom. The topological polar surface area (TPSA) is 41.4 Å². The summed E-state index contributed by atoms with van der Waals surface area (Å²) in [5, 5.41) is 8.15. The Bertz CT molecular complexity index is 681. The first-order valence-electron chi connectivity index (χ1n) is 8.60. The minimum absolute atomic E-state index is 0. The predicted octanol–water partition coefficient (Wildman–Crippen LogP) is 3.92. The van der Waals surface area contributed by atoms with Crippen LogP contribution in [-0.2, 0) is 6.54 Å². The zero-order chi connectivity index (χ0) is 15.9. The third kappa shape index (κ3) is 5.00. The van der Waals surface area contributed by atoms with Gasteiger partial charge in [0.25, 0.3) is 0 Å². The highest BCUT2D eigenvalue weighted by molar-refractivity contribution is 14.0. The molecule has 1 heterocycles. The predicted molar refractivity (Wildman–Crippen MR) is 113 cm³/mol. The van der Waals surface area contributed by atoms with Crippen molar-refractivity contribution in [1.29, 1.82) is 0 Å². The van der Waals surface area contributed by atoms with Gasteiger partial charge in [-0.2, -0.15) is 0 Å². The second kappa shape index (κ2) is 9.71. The number of halogens is 1. The quantitative estimate of drug-likeness (QED) is 0.236. The maximum atomic E-state index is 4.71. The second-order valence-electron chi connectivity index (χ2n) is 5.97. The lowest BCUT2D eigenvalue weighted by atomic mass is 10.2. The molecule has 1 aliphatic carbocycles. The van der Waals surface area contributed by atoms with E-state index in [1.54, 1.807) is 0 Å². The first-order chi connectivity index (χ1) is 11.4. The van der Waals surface area contributed by atoms with Crippen molar-refractivity contribution >= 4 is 40.8 Å². The fraction of sp³-hybridized carbons (Fsp3) is 0.421. The van der Waals surface area contributed by atoms with Gasteiger partial charge in [-0.15, -0.1) is 24.0 Å². The van der Waals surface area contributed by atoms with Gasteiger partial charge in [0.05, 0.1) is 0 Å². The minimum atomic E-state index is 0. The molecule has 0 bridgehead atoms. The monoisotopic (exact) mass is 438 g/mol. The van der Waals surface area contributed by atoms with E-state index in [0.717, 1.165) is 44.9 Å². The van der Waals surface area contributed by atoms with Crippen LogP contribution >= 0.6 is 24.0 Å². The Morgan fingerprint density at radius 2 is 2.00 bits per heavy atom. The van der Waals surface area contributed by atoms with Crippen molar-refractivity contribution < 1.29 is 0 Å². The zero-order valence-corrected chi connectivity index (χ0v) is 16.6. The highest BCUT2D eigenvalue weighted by atomic mass is 127. The fourth-order valence-corrected chi connectivity index (χ4v) is 3.02. The van der Waals surface area contributed by atoms with Crippen molar-refractivity contribution in [3.05, 3.63) is 48.7 Å². The third-order valence-electron chi connectivity index (χ3n) is 4.20. The molecule has 0 saturated heterocycles. The average Bonchev–Trinajstić information content (AvgIpc) is 3.21. The molecule has 0 fully saturated rings. The number of para-hydroxylation sites is 1. The first kappa shape index (κ1) is 18.8. The number of rotatable bonds is 6. The summed E-state index contributed by atoms with van der Waals surface area (Å²) < 4.78 is 2.31. The van der Waals surface area contributed by atoms with Crippen LogP contribution in [0.3, 0.4) is 0 Å². The molecule has 0 spiro atoms. The minimum Gasteiger partial charge on any atom is -0.357 e. The smallest absolute Gasteiger partial charge is 0.191 e. The van der Waals surface area contributed by atoms with Crippen molar-refractivity contribution in [1.82, 2.24) is 15.2 Å². The standard InChI is InChI=1S/C19H26N4.HI/c1-2-20-19(22-17-9-4-5-10-17)21-13-7-14-23-15-12-16-8-3-6-11-18(16)23;/h3-6,8,11-12,15,17H,2,7,9-10,13-14H2,1H3,(H2,20,21,22);1H. The number of hydrogen-bond acceptors (Lipinski definition) is 1. The summed E-state index contributed by atoms with van der Waals surface area (Å²) in [4.78, 5) is 4.71. The van der Waals surface area contributed by atoms with Crippen molar-refractivity contribution in [3.8, 4) is 0 Å². The van der Waals surface area contributed by atoms with E-state index in [-0.39, 0.29) is 24.0 Å². The van der Waals surface area contributed by atoms with Crippen LogP contribution in [0, 0.1) is 0 Å². The van der Waals surface area contributed by atoms with Crippen LogP contribution in [0.4, 0.5) is 0 Å². The van der Waals surface area contributed by atoms with Crippen molar-refractivity contribution in [2.45, 2.75) is 38.8 Å². The van der Waals surface area contributed by atoms with Crippen LogP contribution in [0.15, 0.2) is 53.7 Å². The van der Waals surface area contributed by atoms with E-state index in [1.807, 2.05) is 0 Å². The van der Waals surface area contributed by atoms with E-state index in [2.05, 4.69) is 70.8 Å². The Labute approximate surface area is 161 Å². The number of aliphatic imine (C=N–C) groups is 1. The van der Waals surface area contributed by atoms with E-state index >= 15 is 0 Å². The summed E-state index contributed by atoms with van der Waals surface area (Å²) in [6.45, 7) is 4.84. The normalized spacial score (nSPS) is 14.8. The highest BCUT2D eigenvalue weighted by Gasteiger charge is 2.11. The molecule has 5 heteroatoms. The molecule has 2 aromatic rings. The molecule has 0 saturated carbocycles. The number of nitrogens with one attached hydrogen (secondary N) is 2. The van der Waals surface area contributed by atoms with Crippen molar-refractivity contribution in [2.24, 2.45) is 4.99 Å². The Morgan fingerprint density at radius 3 is 2.79 bits per heavy atom. The molecule has 0 unspecified atom stereocenters. The van der Waals surface area contributed by atoms with Gasteiger partial charge in [-0.1, -0.05) is 30.4 Å². The molecule has 0 radical (unpaired) electrons. The molecule has 2 N–H and O–H groups in total. The van der Waals surface area contributed by atoms with Crippen molar-refractivity contribution in [3.63, 3.8) is 0 Å². The summed E-state index contributed by atoms with van der Waals surface area (Å²) in [6, 6.07) is 11.2. The molecule has 1 aromatic carbocycles. The number of guanidine groups is 1. The number of nitrogens with zero attached hydrogens (tertiary/aromatic N) is 2. The maximum absolute atomic E-state index is 4.71. The molecular weight excluding hydrogens is 411 g/mol. The van der Waals surface area contributed by atoms with Gasteiger partial charge in [0.1, 0.15) is 0 Å². The van der Waals surface area contributed by atoms with Gasteiger partial charge >= 0.3 is 0 Å². The van der Waals surface area contributed by atoms with Crippen LogP contribution < -0.4 is 10.6 Å². The van der Waals surface area contributed by atoms with Gasteiger partial charge < -0.3 is 15.2 Å². The van der Waals surface area contributed by atoms with E-state index in [0.29, 0.717) is 6.04 Å². The van der Waals surface area contributed by atoms with Crippen LogP contribution in [-0.4, -0.2) is 29.7 Å². The van der Waals surface area contributed by atoms with Gasteiger partial charge in [0, 0.05) is 37.4 Å². The average molecular weight is 438 g/mol. The first-order valence-corrected chi connectivity index (χ1v) is 8.60. The number of hydrogen-bond donors (Lipinski definition) is 2. The summed E-state index contributed by atoms with van der Waals surface area (Å²) in [6.07, 6.45) is 9.87. The largest absolute Gasteiger partial charge is 0.357 e. The summed E-state index contributed by atoms with van der Waals surface area (Å²) in [7, 11) is 0.